The van der Waals surface area contributed by atoms with E-state index < -0.39 is 0 Å². The summed E-state index contributed by atoms with van der Waals surface area (Å²) in [5.41, 5.74) is 0.419. The number of nitrogens with zero attached hydrogens (tertiary/aromatic N) is 2. The van der Waals surface area contributed by atoms with Gasteiger partial charge in [0.25, 0.3) is 5.91 Å². The summed E-state index contributed by atoms with van der Waals surface area (Å²) in [5.74, 6) is 0.688. The summed E-state index contributed by atoms with van der Waals surface area (Å²) in [7, 11) is 0. The van der Waals surface area contributed by atoms with Crippen molar-refractivity contribution < 1.29 is 9.59 Å². The number of carbonyl (C=O) groups excluding carboxylic acids is 2. The molecule has 1 N–H and O–H groups in total. The summed E-state index contributed by atoms with van der Waals surface area (Å²) in [6.07, 6.45) is 2.71. The van der Waals surface area contributed by atoms with E-state index in [1.54, 1.807) is 23.1 Å². The van der Waals surface area contributed by atoms with E-state index in [0.29, 0.717) is 49.1 Å². The number of halogens is 2. The van der Waals surface area contributed by atoms with Gasteiger partial charge >= 0.3 is 0 Å². The SMILES string of the molecule is O=C(CCC1CCNC1)N1CCN(C(=O)c2cccc(Cl)c2Cl)CC1. The molecule has 5 nitrogen and oxygen atoms in total. The number of hydrogen-bond acceptors (Lipinski definition) is 3. The van der Waals surface area contributed by atoms with Crippen LogP contribution in [0.4, 0.5) is 0 Å². The highest BCUT2D eigenvalue weighted by Gasteiger charge is 2.26. The van der Waals surface area contributed by atoms with Gasteiger partial charge < -0.3 is 15.1 Å². The quantitative estimate of drug-likeness (QED) is 0.869. The van der Waals surface area contributed by atoms with E-state index in [2.05, 4.69) is 5.32 Å². The molecule has 0 spiro atoms. The Balaban J connectivity index is 1.50. The molecule has 1 aromatic rings. The van der Waals surface area contributed by atoms with Crippen LogP contribution >= 0.6 is 23.2 Å². The largest absolute Gasteiger partial charge is 0.339 e. The zero-order valence-electron chi connectivity index (χ0n) is 14.1. The van der Waals surface area contributed by atoms with Crippen molar-refractivity contribution in [3.63, 3.8) is 0 Å². The monoisotopic (exact) mass is 383 g/mol. The molecule has 2 aliphatic rings. The number of rotatable bonds is 4. The van der Waals surface area contributed by atoms with Crippen molar-refractivity contribution in [1.29, 1.82) is 0 Å². The van der Waals surface area contributed by atoms with E-state index in [0.717, 1.165) is 25.9 Å². The highest BCUT2D eigenvalue weighted by molar-refractivity contribution is 6.43. The third-order valence-corrected chi connectivity index (χ3v) is 5.85. The van der Waals surface area contributed by atoms with Crippen molar-refractivity contribution in [2.24, 2.45) is 5.92 Å². The second kappa shape index (κ2) is 8.39. The van der Waals surface area contributed by atoms with Crippen LogP contribution in [0, 0.1) is 5.92 Å². The van der Waals surface area contributed by atoms with Crippen LogP contribution in [-0.4, -0.2) is 60.9 Å². The Morgan fingerprint density at radius 1 is 1.12 bits per heavy atom. The number of benzene rings is 1. The second-order valence-corrected chi connectivity index (χ2v) is 7.46. The molecule has 2 saturated heterocycles. The van der Waals surface area contributed by atoms with Gasteiger partial charge in [-0.25, -0.2) is 0 Å². The van der Waals surface area contributed by atoms with E-state index in [1.807, 2.05) is 4.90 Å². The molecule has 0 saturated carbocycles. The van der Waals surface area contributed by atoms with E-state index in [1.165, 1.54) is 0 Å². The van der Waals surface area contributed by atoms with Crippen LogP contribution in [0.15, 0.2) is 18.2 Å². The Labute approximate surface area is 158 Å². The molecular formula is C18H23Cl2N3O2. The zero-order chi connectivity index (χ0) is 17.8. The van der Waals surface area contributed by atoms with Crippen molar-refractivity contribution >= 4 is 35.0 Å². The molecule has 3 rings (SSSR count). The smallest absolute Gasteiger partial charge is 0.255 e. The predicted molar refractivity (Wildman–Crippen MR) is 99.2 cm³/mol. The maximum Gasteiger partial charge on any atom is 0.255 e. The third kappa shape index (κ3) is 4.46. The standard InChI is InChI=1S/C18H23Cl2N3O2/c19-15-3-1-2-14(17(15)20)18(25)23-10-8-22(9-11-23)16(24)5-4-13-6-7-21-12-13/h1-3,13,21H,4-12H2. The van der Waals surface area contributed by atoms with Crippen molar-refractivity contribution in [2.45, 2.75) is 19.3 Å². The van der Waals surface area contributed by atoms with Crippen LogP contribution in [0.25, 0.3) is 0 Å². The highest BCUT2D eigenvalue weighted by atomic mass is 35.5. The lowest BCUT2D eigenvalue weighted by Crippen LogP contribution is -2.50. The molecule has 1 atom stereocenters. The molecule has 0 radical (unpaired) electrons. The number of piperazine rings is 1. The van der Waals surface area contributed by atoms with Crippen molar-refractivity contribution in [3.05, 3.63) is 33.8 Å². The first-order chi connectivity index (χ1) is 12.1. The maximum absolute atomic E-state index is 12.6. The molecular weight excluding hydrogens is 361 g/mol. The van der Waals surface area contributed by atoms with Crippen LogP contribution in [-0.2, 0) is 4.79 Å². The Morgan fingerprint density at radius 2 is 1.84 bits per heavy atom. The maximum atomic E-state index is 12.6. The molecule has 2 heterocycles. The fourth-order valence-electron chi connectivity index (χ4n) is 3.44. The first-order valence-corrected chi connectivity index (χ1v) is 9.53. The number of nitrogens with one attached hydrogen (secondary N) is 1. The van der Waals surface area contributed by atoms with Gasteiger partial charge in [0.1, 0.15) is 0 Å². The van der Waals surface area contributed by atoms with Gasteiger partial charge in [-0.05, 0) is 44.0 Å². The minimum absolute atomic E-state index is 0.128. The average molecular weight is 384 g/mol. The van der Waals surface area contributed by atoms with Crippen molar-refractivity contribution in [3.8, 4) is 0 Å². The molecule has 0 aromatic heterocycles. The van der Waals surface area contributed by atoms with Crippen LogP contribution < -0.4 is 5.32 Å². The molecule has 0 bridgehead atoms. The van der Waals surface area contributed by atoms with Gasteiger partial charge in [0.15, 0.2) is 0 Å². The Bertz CT molecular complexity index is 639. The normalized spacial score (nSPS) is 20.8. The molecule has 2 aliphatic heterocycles. The van der Waals surface area contributed by atoms with Gasteiger partial charge in [-0.15, -0.1) is 0 Å². The molecule has 0 aliphatic carbocycles. The fourth-order valence-corrected chi connectivity index (χ4v) is 3.83. The Kier molecular flexibility index (Phi) is 6.20. The van der Waals surface area contributed by atoms with Gasteiger partial charge in [0, 0.05) is 32.6 Å². The molecule has 7 heteroatoms. The highest BCUT2D eigenvalue weighted by Crippen LogP contribution is 2.27. The van der Waals surface area contributed by atoms with Crippen LogP contribution in [0.3, 0.4) is 0 Å². The summed E-state index contributed by atoms with van der Waals surface area (Å²) in [4.78, 5) is 28.6. The van der Waals surface area contributed by atoms with E-state index in [9.17, 15) is 9.59 Å². The minimum atomic E-state index is -0.128. The first kappa shape index (κ1) is 18.5. The average Bonchev–Trinajstić information content (AvgIpc) is 3.15. The van der Waals surface area contributed by atoms with Crippen LogP contribution in [0.2, 0.25) is 10.0 Å². The fraction of sp³-hybridized carbons (Fsp3) is 0.556. The second-order valence-electron chi connectivity index (χ2n) is 6.67. The van der Waals surface area contributed by atoms with Crippen molar-refractivity contribution in [1.82, 2.24) is 15.1 Å². The molecule has 2 fully saturated rings. The lowest BCUT2D eigenvalue weighted by Gasteiger charge is -2.35. The molecule has 1 unspecified atom stereocenters. The van der Waals surface area contributed by atoms with Crippen LogP contribution in [0.1, 0.15) is 29.6 Å². The molecule has 25 heavy (non-hydrogen) atoms. The van der Waals surface area contributed by atoms with E-state index >= 15 is 0 Å². The lowest BCUT2D eigenvalue weighted by atomic mass is 10.0. The Hall–Kier alpha value is -1.30. The Morgan fingerprint density at radius 3 is 2.52 bits per heavy atom. The predicted octanol–water partition coefficient (Wildman–Crippen LogP) is 2.67. The summed E-state index contributed by atoms with van der Waals surface area (Å²) in [6.45, 7) is 4.29. The topological polar surface area (TPSA) is 52.7 Å². The minimum Gasteiger partial charge on any atom is -0.339 e. The van der Waals surface area contributed by atoms with E-state index in [-0.39, 0.29) is 16.8 Å². The summed E-state index contributed by atoms with van der Waals surface area (Å²) in [5, 5.41) is 4.00. The van der Waals surface area contributed by atoms with E-state index in [4.69, 9.17) is 23.2 Å². The molecule has 1 aromatic carbocycles. The third-order valence-electron chi connectivity index (χ3n) is 5.03. The summed E-state index contributed by atoms with van der Waals surface area (Å²) < 4.78 is 0. The van der Waals surface area contributed by atoms with Gasteiger partial charge in [0.05, 0.1) is 15.6 Å². The van der Waals surface area contributed by atoms with Crippen molar-refractivity contribution in [2.75, 3.05) is 39.3 Å². The number of hydrogen-bond donors (Lipinski definition) is 1. The lowest BCUT2D eigenvalue weighted by molar-refractivity contribution is -0.132. The first-order valence-electron chi connectivity index (χ1n) is 8.78. The molecule has 136 valence electrons. The van der Waals surface area contributed by atoms with Gasteiger partial charge in [-0.3, -0.25) is 9.59 Å². The summed E-state index contributed by atoms with van der Waals surface area (Å²) >= 11 is 12.1. The summed E-state index contributed by atoms with van der Waals surface area (Å²) in [6, 6.07) is 5.07. The number of carbonyl (C=O) groups is 2. The van der Waals surface area contributed by atoms with Gasteiger partial charge in [0.2, 0.25) is 5.91 Å². The van der Waals surface area contributed by atoms with Gasteiger partial charge in [-0.2, -0.15) is 0 Å². The molecule has 2 amide bonds. The van der Waals surface area contributed by atoms with Crippen LogP contribution in [0.5, 0.6) is 0 Å². The van der Waals surface area contributed by atoms with Gasteiger partial charge in [-0.1, -0.05) is 29.3 Å². The number of amides is 2. The zero-order valence-corrected chi connectivity index (χ0v) is 15.7.